The van der Waals surface area contributed by atoms with Crippen LogP contribution >= 0.6 is 11.8 Å². The molecule has 1 aromatic rings. The zero-order valence-electron chi connectivity index (χ0n) is 17.2. The molecule has 1 saturated heterocycles. The van der Waals surface area contributed by atoms with Crippen LogP contribution in [0, 0.1) is 0 Å². The normalized spacial score (nSPS) is 18.9. The summed E-state index contributed by atoms with van der Waals surface area (Å²) < 4.78 is 16.6. The highest BCUT2D eigenvalue weighted by Gasteiger charge is 2.41. The molecule has 0 unspecified atom stereocenters. The van der Waals surface area contributed by atoms with E-state index < -0.39 is 12.0 Å². The predicted molar refractivity (Wildman–Crippen MR) is 112 cm³/mol. The van der Waals surface area contributed by atoms with Crippen LogP contribution in [0.5, 0.6) is 11.5 Å². The summed E-state index contributed by atoms with van der Waals surface area (Å²) in [4.78, 5) is 31.5. The lowest BCUT2D eigenvalue weighted by Crippen LogP contribution is -2.45. The van der Waals surface area contributed by atoms with E-state index in [9.17, 15) is 9.59 Å². The Morgan fingerprint density at radius 2 is 2.07 bits per heavy atom. The largest absolute Gasteiger partial charge is 0.490 e. The second-order valence-corrected chi connectivity index (χ2v) is 7.70. The molecule has 2 heterocycles. The fraction of sp³-hybridized carbons (Fsp3) is 0.476. The second kappa shape index (κ2) is 9.35. The van der Waals surface area contributed by atoms with Crippen molar-refractivity contribution >= 4 is 28.8 Å². The number of nitrogens with zero attached hydrogens (tertiary/aromatic N) is 2. The van der Waals surface area contributed by atoms with Crippen LogP contribution in [0.2, 0.25) is 0 Å². The summed E-state index contributed by atoms with van der Waals surface area (Å²) in [5.74, 6) is 1.34. The fourth-order valence-electron chi connectivity index (χ4n) is 3.38. The van der Waals surface area contributed by atoms with Crippen molar-refractivity contribution in [2.45, 2.75) is 39.7 Å². The van der Waals surface area contributed by atoms with Crippen molar-refractivity contribution < 1.29 is 23.8 Å². The van der Waals surface area contributed by atoms with E-state index in [4.69, 9.17) is 14.2 Å². The van der Waals surface area contributed by atoms with Gasteiger partial charge in [0.25, 0.3) is 0 Å². The molecule has 0 aliphatic carbocycles. The van der Waals surface area contributed by atoms with Crippen molar-refractivity contribution in [3.05, 3.63) is 35.0 Å². The molecular formula is C21H26N2O5S. The summed E-state index contributed by atoms with van der Waals surface area (Å²) in [5, 5.41) is 0.612. The SMILES string of the molecule is CCCOc1ccc([C@@H]2C(C(=O)OC)=C(C)N=C3SCCC(=O)N32)cc1OCC. The Morgan fingerprint density at radius 1 is 1.28 bits per heavy atom. The molecule has 2 aliphatic rings. The number of amides is 1. The van der Waals surface area contributed by atoms with E-state index in [1.807, 2.05) is 32.0 Å². The van der Waals surface area contributed by atoms with Crippen LogP contribution in [0.15, 0.2) is 34.5 Å². The third-order valence-corrected chi connectivity index (χ3v) is 5.61. The molecule has 0 N–H and O–H groups in total. The number of benzene rings is 1. The molecule has 0 radical (unpaired) electrons. The quantitative estimate of drug-likeness (QED) is 0.629. The number of aliphatic imine (C=N–C) groups is 1. The van der Waals surface area contributed by atoms with Crippen LogP contribution < -0.4 is 9.47 Å². The Morgan fingerprint density at radius 3 is 2.76 bits per heavy atom. The average Bonchev–Trinajstić information content (AvgIpc) is 2.71. The number of hydrogen-bond acceptors (Lipinski definition) is 7. The maximum atomic E-state index is 12.8. The van der Waals surface area contributed by atoms with E-state index in [0.29, 0.717) is 53.3 Å². The third kappa shape index (κ3) is 4.27. The van der Waals surface area contributed by atoms with E-state index >= 15 is 0 Å². The molecule has 0 aromatic heterocycles. The number of ether oxygens (including phenoxy) is 3. The number of allylic oxidation sites excluding steroid dienone is 1. The molecule has 156 valence electrons. The number of amidine groups is 1. The van der Waals surface area contributed by atoms with Gasteiger partial charge in [0.2, 0.25) is 5.91 Å². The molecule has 7 nitrogen and oxygen atoms in total. The van der Waals surface area contributed by atoms with Gasteiger partial charge in [0.05, 0.1) is 37.6 Å². The topological polar surface area (TPSA) is 77.4 Å². The Kier molecular flexibility index (Phi) is 6.84. The molecule has 3 rings (SSSR count). The zero-order valence-corrected chi connectivity index (χ0v) is 18.0. The maximum absolute atomic E-state index is 12.8. The van der Waals surface area contributed by atoms with Crippen molar-refractivity contribution in [1.82, 2.24) is 4.90 Å². The summed E-state index contributed by atoms with van der Waals surface area (Å²) in [5.41, 5.74) is 1.66. The van der Waals surface area contributed by atoms with Gasteiger partial charge in [0.1, 0.15) is 0 Å². The van der Waals surface area contributed by atoms with Gasteiger partial charge in [0, 0.05) is 12.2 Å². The number of thioether (sulfide) groups is 1. The Balaban J connectivity index is 2.11. The molecule has 8 heteroatoms. The van der Waals surface area contributed by atoms with E-state index in [2.05, 4.69) is 4.99 Å². The number of fused-ring (bicyclic) bond motifs is 1. The van der Waals surface area contributed by atoms with Crippen LogP contribution in [-0.4, -0.2) is 48.0 Å². The van der Waals surface area contributed by atoms with Gasteiger partial charge in [-0.2, -0.15) is 0 Å². The standard InChI is InChI=1S/C21H26N2O5S/c1-5-10-28-15-8-7-14(12-16(15)27-6-2)19-18(20(25)26-4)13(3)22-21-23(19)17(24)9-11-29-21/h7-8,12,19H,5-6,9-11H2,1-4H3/t19-/m1/s1. The monoisotopic (exact) mass is 418 g/mol. The van der Waals surface area contributed by atoms with Gasteiger partial charge in [-0.25, -0.2) is 9.79 Å². The first-order chi connectivity index (χ1) is 14.0. The maximum Gasteiger partial charge on any atom is 0.338 e. The van der Waals surface area contributed by atoms with E-state index in [0.717, 1.165) is 12.0 Å². The lowest BCUT2D eigenvalue weighted by atomic mass is 9.94. The Hall–Kier alpha value is -2.48. The first kappa shape index (κ1) is 21.2. The highest BCUT2D eigenvalue weighted by molar-refractivity contribution is 8.14. The Labute approximate surface area is 175 Å². The molecule has 0 saturated carbocycles. The summed E-state index contributed by atoms with van der Waals surface area (Å²) in [6.07, 6.45) is 1.27. The van der Waals surface area contributed by atoms with Gasteiger partial charge in [-0.3, -0.25) is 9.69 Å². The second-order valence-electron chi connectivity index (χ2n) is 6.64. The van der Waals surface area contributed by atoms with Crippen molar-refractivity contribution in [1.29, 1.82) is 0 Å². The number of carbonyl (C=O) groups is 2. The molecule has 29 heavy (non-hydrogen) atoms. The van der Waals surface area contributed by atoms with Crippen LogP contribution in [0.3, 0.4) is 0 Å². The van der Waals surface area contributed by atoms with Crippen molar-refractivity contribution in [3.8, 4) is 11.5 Å². The average molecular weight is 419 g/mol. The first-order valence-electron chi connectivity index (χ1n) is 9.73. The predicted octanol–water partition coefficient (Wildman–Crippen LogP) is 3.70. The number of esters is 1. The molecule has 1 aromatic carbocycles. The van der Waals surface area contributed by atoms with Gasteiger partial charge >= 0.3 is 5.97 Å². The smallest absolute Gasteiger partial charge is 0.338 e. The zero-order chi connectivity index (χ0) is 21.0. The van der Waals surface area contributed by atoms with Crippen molar-refractivity contribution in [2.24, 2.45) is 4.99 Å². The van der Waals surface area contributed by atoms with Crippen LogP contribution in [-0.2, 0) is 14.3 Å². The van der Waals surface area contributed by atoms with Crippen LogP contribution in [0.25, 0.3) is 0 Å². The van der Waals surface area contributed by atoms with Crippen LogP contribution in [0.4, 0.5) is 0 Å². The van der Waals surface area contributed by atoms with E-state index in [1.54, 1.807) is 11.8 Å². The molecule has 1 amide bonds. The van der Waals surface area contributed by atoms with Gasteiger partial charge in [0.15, 0.2) is 16.7 Å². The number of rotatable bonds is 7. The molecule has 1 fully saturated rings. The molecule has 0 spiro atoms. The summed E-state index contributed by atoms with van der Waals surface area (Å²) in [6, 6.07) is 4.91. The minimum absolute atomic E-state index is 0.0642. The molecule has 2 aliphatic heterocycles. The van der Waals surface area contributed by atoms with Gasteiger partial charge in [-0.05, 0) is 38.0 Å². The fourth-order valence-corrected chi connectivity index (χ4v) is 4.38. The molecule has 0 bridgehead atoms. The Bertz CT molecular complexity index is 865. The number of hydrogen-bond donors (Lipinski definition) is 0. The van der Waals surface area contributed by atoms with Gasteiger partial charge in [-0.15, -0.1) is 0 Å². The van der Waals surface area contributed by atoms with Crippen LogP contribution in [0.1, 0.15) is 45.2 Å². The van der Waals surface area contributed by atoms with E-state index in [1.165, 1.54) is 18.9 Å². The van der Waals surface area contributed by atoms with Crippen molar-refractivity contribution in [2.75, 3.05) is 26.1 Å². The molecule has 1 atom stereocenters. The van der Waals surface area contributed by atoms with E-state index in [-0.39, 0.29) is 5.91 Å². The summed E-state index contributed by atoms with van der Waals surface area (Å²) >= 11 is 1.52. The highest BCUT2D eigenvalue weighted by atomic mass is 32.2. The van der Waals surface area contributed by atoms with Crippen molar-refractivity contribution in [3.63, 3.8) is 0 Å². The highest BCUT2D eigenvalue weighted by Crippen LogP contribution is 2.42. The number of methoxy groups -OCH3 is 1. The lowest BCUT2D eigenvalue weighted by Gasteiger charge is -2.38. The number of carbonyl (C=O) groups excluding carboxylic acids is 2. The first-order valence-corrected chi connectivity index (χ1v) is 10.7. The minimum atomic E-state index is -0.616. The van der Waals surface area contributed by atoms with Gasteiger partial charge < -0.3 is 14.2 Å². The third-order valence-electron chi connectivity index (χ3n) is 4.66. The minimum Gasteiger partial charge on any atom is -0.490 e. The summed E-state index contributed by atoms with van der Waals surface area (Å²) in [6.45, 7) is 6.75. The molecular weight excluding hydrogens is 392 g/mol. The summed E-state index contributed by atoms with van der Waals surface area (Å²) in [7, 11) is 1.33. The lowest BCUT2D eigenvalue weighted by molar-refractivity contribution is -0.137. The van der Waals surface area contributed by atoms with Gasteiger partial charge in [-0.1, -0.05) is 24.8 Å².